The van der Waals surface area contributed by atoms with Crippen LogP contribution in [0.3, 0.4) is 0 Å². The third-order valence-electron chi connectivity index (χ3n) is 8.05. The van der Waals surface area contributed by atoms with Crippen LogP contribution >= 0.6 is 7.60 Å². The van der Waals surface area contributed by atoms with Gasteiger partial charge in [0.15, 0.2) is 0 Å². The highest BCUT2D eigenvalue weighted by Gasteiger charge is 2.31. The second-order valence-corrected chi connectivity index (χ2v) is 13.4. The quantitative estimate of drug-likeness (QED) is 0.184. The molecule has 1 fully saturated rings. The second kappa shape index (κ2) is 16.7. The standard InChI is InChI=1S/C32H46N5O6P/c1-3-19-44(40,41)43-18-14-35-31(38)21-25-11-16-37-24-26(25)7-6-17-42-30-10-9-29(20-27(30)22-33-23-32(37)39)36(2)15-12-28-8-4-5-13-34-28/h4-10,13,20,25-26,33H,3,11-12,14-19,21-24H2,1-2H3,(H,35,38)(H,40,41)/b7-6+/t25-,26-/m0/s1. The SMILES string of the molecule is CCCP(=O)(O)OCCNC(=O)C[C@@H]1CCN2C[C@@H]1/C=C/COc1ccc(N(C)CCc3ccccn3)cc1CNCC2=O. The van der Waals surface area contributed by atoms with Gasteiger partial charge in [-0.2, -0.15) is 0 Å². The highest BCUT2D eigenvalue weighted by atomic mass is 31.2. The Hall–Kier alpha value is -3.24. The molecule has 240 valence electrons. The number of hydrogen-bond acceptors (Lipinski definition) is 8. The highest BCUT2D eigenvalue weighted by Crippen LogP contribution is 2.41. The minimum Gasteiger partial charge on any atom is -0.489 e. The van der Waals surface area contributed by atoms with Crippen LogP contribution in [0.1, 0.15) is 37.4 Å². The first-order valence-corrected chi connectivity index (χ1v) is 17.3. The molecule has 1 aromatic heterocycles. The lowest BCUT2D eigenvalue weighted by molar-refractivity contribution is -0.132. The van der Waals surface area contributed by atoms with Crippen molar-refractivity contribution < 1.29 is 28.3 Å². The maximum absolute atomic E-state index is 13.1. The Labute approximate surface area is 260 Å². The Balaban J connectivity index is 1.35. The number of hydrogen-bond donors (Lipinski definition) is 3. The smallest absolute Gasteiger partial charge is 0.328 e. The largest absolute Gasteiger partial charge is 0.489 e. The van der Waals surface area contributed by atoms with Crippen molar-refractivity contribution in [3.05, 3.63) is 66.0 Å². The van der Waals surface area contributed by atoms with Crippen LogP contribution in [-0.2, 0) is 31.6 Å². The highest BCUT2D eigenvalue weighted by molar-refractivity contribution is 7.52. The van der Waals surface area contributed by atoms with Gasteiger partial charge in [0.05, 0.1) is 13.2 Å². The van der Waals surface area contributed by atoms with Crippen LogP contribution in [0.4, 0.5) is 5.69 Å². The fraction of sp³-hybridized carbons (Fsp3) is 0.531. The summed E-state index contributed by atoms with van der Waals surface area (Å²) in [6, 6.07) is 12.1. The summed E-state index contributed by atoms with van der Waals surface area (Å²) in [6.07, 6.45) is 8.36. The summed E-state index contributed by atoms with van der Waals surface area (Å²) in [7, 11) is -1.53. The Morgan fingerprint density at radius 2 is 2.16 bits per heavy atom. The Morgan fingerprint density at radius 3 is 2.95 bits per heavy atom. The van der Waals surface area contributed by atoms with Gasteiger partial charge in [-0.3, -0.25) is 19.1 Å². The normalized spacial score (nSPS) is 21.0. The molecular formula is C32H46N5O6P. The number of nitrogens with one attached hydrogen (secondary N) is 2. The topological polar surface area (TPSA) is 133 Å². The number of piperidine rings is 1. The number of carbonyl (C=O) groups is 2. The summed E-state index contributed by atoms with van der Waals surface area (Å²) in [5.41, 5.74) is 3.10. The first-order valence-electron chi connectivity index (χ1n) is 15.5. The molecule has 0 saturated carbocycles. The van der Waals surface area contributed by atoms with Crippen molar-refractivity contribution in [1.82, 2.24) is 20.5 Å². The minimum atomic E-state index is -3.59. The number of carbonyl (C=O) groups excluding carboxylic acids is 2. The molecule has 3 atom stereocenters. The summed E-state index contributed by atoms with van der Waals surface area (Å²) in [4.78, 5) is 44.0. The number of ether oxygens (including phenoxy) is 1. The number of benzene rings is 1. The molecule has 2 aromatic rings. The first-order chi connectivity index (χ1) is 21.2. The number of amides is 2. The summed E-state index contributed by atoms with van der Waals surface area (Å²) in [6.45, 7) is 5.02. The molecule has 44 heavy (non-hydrogen) atoms. The molecule has 12 heteroatoms. The van der Waals surface area contributed by atoms with Gasteiger partial charge < -0.3 is 34.6 Å². The van der Waals surface area contributed by atoms with Crippen molar-refractivity contribution in [2.45, 2.75) is 39.2 Å². The summed E-state index contributed by atoms with van der Waals surface area (Å²) < 4.78 is 23.1. The average Bonchev–Trinajstić information content (AvgIpc) is 3.02. The van der Waals surface area contributed by atoms with E-state index < -0.39 is 7.60 Å². The minimum absolute atomic E-state index is 0.00937. The van der Waals surface area contributed by atoms with Crippen molar-refractivity contribution in [1.29, 1.82) is 0 Å². The number of aromatic nitrogens is 1. The van der Waals surface area contributed by atoms with E-state index in [1.165, 1.54) is 0 Å². The van der Waals surface area contributed by atoms with Crippen LogP contribution in [-0.4, -0.2) is 85.7 Å². The lowest BCUT2D eigenvalue weighted by Crippen LogP contribution is -2.47. The third kappa shape index (κ3) is 10.4. The number of fused-ring (bicyclic) bond motifs is 3. The molecule has 0 spiro atoms. The molecule has 11 nitrogen and oxygen atoms in total. The molecule has 0 aliphatic carbocycles. The van der Waals surface area contributed by atoms with E-state index in [0.717, 1.165) is 35.7 Å². The van der Waals surface area contributed by atoms with Crippen LogP contribution in [0.2, 0.25) is 0 Å². The molecule has 2 bridgehead atoms. The second-order valence-electron chi connectivity index (χ2n) is 11.4. The van der Waals surface area contributed by atoms with Crippen LogP contribution in [0.25, 0.3) is 0 Å². The van der Waals surface area contributed by atoms with Crippen molar-refractivity contribution in [3.8, 4) is 5.75 Å². The molecule has 2 amide bonds. The third-order valence-corrected chi connectivity index (χ3v) is 9.65. The Morgan fingerprint density at radius 1 is 1.30 bits per heavy atom. The van der Waals surface area contributed by atoms with Gasteiger partial charge in [0, 0.05) is 81.9 Å². The van der Waals surface area contributed by atoms with Crippen molar-refractivity contribution in [2.75, 3.05) is 64.0 Å². The average molecular weight is 628 g/mol. The number of nitrogens with zero attached hydrogens (tertiary/aromatic N) is 3. The molecular weight excluding hydrogens is 581 g/mol. The summed E-state index contributed by atoms with van der Waals surface area (Å²) >= 11 is 0. The number of pyridine rings is 1. The molecule has 4 rings (SSSR count). The molecule has 2 aliphatic heterocycles. The predicted molar refractivity (Wildman–Crippen MR) is 171 cm³/mol. The fourth-order valence-electron chi connectivity index (χ4n) is 5.59. The molecule has 1 unspecified atom stereocenters. The molecule has 2 aliphatic rings. The van der Waals surface area contributed by atoms with E-state index in [1.54, 1.807) is 0 Å². The van der Waals surface area contributed by atoms with Crippen LogP contribution in [0.15, 0.2) is 54.7 Å². The summed E-state index contributed by atoms with van der Waals surface area (Å²) in [5.74, 6) is 0.745. The van der Waals surface area contributed by atoms with E-state index in [1.807, 2.05) is 54.4 Å². The zero-order valence-electron chi connectivity index (χ0n) is 25.8. The van der Waals surface area contributed by atoms with Crippen LogP contribution in [0.5, 0.6) is 5.75 Å². The zero-order chi connectivity index (χ0) is 31.4. The van der Waals surface area contributed by atoms with E-state index in [4.69, 9.17) is 9.26 Å². The summed E-state index contributed by atoms with van der Waals surface area (Å²) in [5, 5.41) is 6.12. The van der Waals surface area contributed by atoms with Gasteiger partial charge in [-0.1, -0.05) is 25.1 Å². The Bertz CT molecular complexity index is 1310. The van der Waals surface area contributed by atoms with E-state index in [-0.39, 0.29) is 49.5 Å². The van der Waals surface area contributed by atoms with Gasteiger partial charge in [0.2, 0.25) is 11.8 Å². The van der Waals surface area contributed by atoms with Gasteiger partial charge in [0.1, 0.15) is 12.4 Å². The monoisotopic (exact) mass is 627 g/mol. The molecule has 3 heterocycles. The zero-order valence-corrected chi connectivity index (χ0v) is 26.7. The van der Waals surface area contributed by atoms with Gasteiger partial charge in [-0.25, -0.2) is 0 Å². The van der Waals surface area contributed by atoms with Crippen LogP contribution < -0.4 is 20.3 Å². The molecule has 0 radical (unpaired) electrons. The predicted octanol–water partition coefficient (Wildman–Crippen LogP) is 3.38. The van der Waals surface area contributed by atoms with E-state index >= 15 is 0 Å². The fourth-order valence-corrected chi connectivity index (χ4v) is 6.66. The molecule has 3 N–H and O–H groups in total. The van der Waals surface area contributed by atoms with Crippen molar-refractivity contribution in [2.24, 2.45) is 11.8 Å². The molecule has 1 saturated heterocycles. The van der Waals surface area contributed by atoms with E-state index in [0.29, 0.717) is 45.5 Å². The maximum Gasteiger partial charge on any atom is 0.328 e. The van der Waals surface area contributed by atoms with Crippen LogP contribution in [0, 0.1) is 11.8 Å². The van der Waals surface area contributed by atoms with Gasteiger partial charge in [-0.15, -0.1) is 0 Å². The first kappa shape index (κ1) is 33.6. The lowest BCUT2D eigenvalue weighted by atomic mass is 9.82. The maximum atomic E-state index is 13.1. The van der Waals surface area contributed by atoms with Gasteiger partial charge in [0.25, 0.3) is 0 Å². The number of rotatable bonds is 12. The van der Waals surface area contributed by atoms with Gasteiger partial charge >= 0.3 is 7.60 Å². The number of likely N-dealkylation sites (N-methyl/N-ethyl adjacent to an activating group) is 1. The lowest BCUT2D eigenvalue weighted by Gasteiger charge is -2.37. The Kier molecular flexibility index (Phi) is 12.8. The van der Waals surface area contributed by atoms with Crippen molar-refractivity contribution in [3.63, 3.8) is 0 Å². The number of anilines is 1. The van der Waals surface area contributed by atoms with Gasteiger partial charge in [-0.05, 0) is 55.0 Å². The van der Waals surface area contributed by atoms with E-state index in [2.05, 4.69) is 39.7 Å². The molecule has 1 aromatic carbocycles. The van der Waals surface area contributed by atoms with Crippen molar-refractivity contribution >= 4 is 25.1 Å². The van der Waals surface area contributed by atoms with E-state index in [9.17, 15) is 19.0 Å².